The SMILES string of the molecule is CC(=O)C=C(Nc1c(F)cccc1F)c1ccccc1. The first-order chi connectivity index (χ1) is 9.58. The molecule has 0 aromatic heterocycles. The third-order valence-electron chi connectivity index (χ3n) is 2.65. The van der Waals surface area contributed by atoms with Gasteiger partial charge in [-0.2, -0.15) is 0 Å². The minimum atomic E-state index is -0.713. The third-order valence-corrected chi connectivity index (χ3v) is 2.65. The summed E-state index contributed by atoms with van der Waals surface area (Å²) in [6, 6.07) is 12.5. The summed E-state index contributed by atoms with van der Waals surface area (Å²) in [5.74, 6) is -1.64. The Kier molecular flexibility index (Phi) is 4.25. The van der Waals surface area contributed by atoms with Gasteiger partial charge in [0.25, 0.3) is 0 Å². The van der Waals surface area contributed by atoms with E-state index in [-0.39, 0.29) is 11.5 Å². The molecule has 0 aliphatic heterocycles. The van der Waals surface area contributed by atoms with Crippen molar-refractivity contribution < 1.29 is 13.6 Å². The van der Waals surface area contributed by atoms with E-state index >= 15 is 0 Å². The zero-order valence-electron chi connectivity index (χ0n) is 10.9. The van der Waals surface area contributed by atoms with E-state index in [4.69, 9.17) is 0 Å². The molecule has 2 aromatic rings. The molecule has 2 aromatic carbocycles. The summed E-state index contributed by atoms with van der Waals surface area (Å²) >= 11 is 0. The van der Waals surface area contributed by atoms with E-state index in [1.165, 1.54) is 19.1 Å². The van der Waals surface area contributed by atoms with Gasteiger partial charge in [-0.05, 0) is 24.6 Å². The maximum atomic E-state index is 13.6. The van der Waals surface area contributed by atoms with Crippen molar-refractivity contribution in [1.82, 2.24) is 0 Å². The number of benzene rings is 2. The van der Waals surface area contributed by atoms with Crippen molar-refractivity contribution >= 4 is 17.2 Å². The lowest BCUT2D eigenvalue weighted by Gasteiger charge is -2.12. The van der Waals surface area contributed by atoms with Crippen LogP contribution in [0.1, 0.15) is 12.5 Å². The molecular formula is C16H13F2NO. The van der Waals surface area contributed by atoms with Crippen LogP contribution in [0.15, 0.2) is 54.6 Å². The van der Waals surface area contributed by atoms with Crippen LogP contribution < -0.4 is 5.32 Å². The quantitative estimate of drug-likeness (QED) is 0.853. The Morgan fingerprint density at radius 2 is 1.60 bits per heavy atom. The van der Waals surface area contributed by atoms with Crippen molar-refractivity contribution in [2.24, 2.45) is 0 Å². The van der Waals surface area contributed by atoms with Gasteiger partial charge in [0.15, 0.2) is 5.78 Å². The van der Waals surface area contributed by atoms with Crippen LogP contribution >= 0.6 is 0 Å². The fraction of sp³-hybridized carbons (Fsp3) is 0.0625. The van der Waals surface area contributed by atoms with E-state index in [9.17, 15) is 13.6 Å². The lowest BCUT2D eigenvalue weighted by atomic mass is 10.1. The van der Waals surface area contributed by atoms with E-state index in [1.807, 2.05) is 6.07 Å². The Morgan fingerprint density at radius 3 is 2.15 bits per heavy atom. The van der Waals surface area contributed by atoms with Gasteiger partial charge in [-0.1, -0.05) is 36.4 Å². The summed E-state index contributed by atoms with van der Waals surface area (Å²) in [5.41, 5.74) is 0.747. The van der Waals surface area contributed by atoms with Gasteiger partial charge in [-0.25, -0.2) is 8.78 Å². The second-order valence-corrected chi connectivity index (χ2v) is 4.26. The van der Waals surface area contributed by atoms with Gasteiger partial charge in [0.2, 0.25) is 0 Å². The molecule has 4 heteroatoms. The number of hydrogen-bond donors (Lipinski definition) is 1. The standard InChI is InChI=1S/C16H13F2NO/c1-11(20)10-15(12-6-3-2-4-7-12)19-16-13(17)8-5-9-14(16)18/h2-10,19H,1H3. The predicted octanol–water partition coefficient (Wildman–Crippen LogP) is 4.01. The minimum absolute atomic E-state index is 0.215. The van der Waals surface area contributed by atoms with Gasteiger partial charge in [0.1, 0.15) is 17.3 Å². The maximum Gasteiger partial charge on any atom is 0.154 e. The summed E-state index contributed by atoms with van der Waals surface area (Å²) in [7, 11) is 0. The maximum absolute atomic E-state index is 13.6. The molecular weight excluding hydrogens is 260 g/mol. The van der Waals surface area contributed by atoms with Crippen molar-refractivity contribution in [3.8, 4) is 0 Å². The number of allylic oxidation sites excluding steroid dienone is 1. The number of para-hydroxylation sites is 1. The number of ketones is 1. The Hall–Kier alpha value is -2.49. The first-order valence-electron chi connectivity index (χ1n) is 6.06. The summed E-state index contributed by atoms with van der Waals surface area (Å²) in [4.78, 5) is 11.3. The van der Waals surface area contributed by atoms with Crippen LogP contribution in [0.2, 0.25) is 0 Å². The molecule has 2 rings (SSSR count). The van der Waals surface area contributed by atoms with E-state index < -0.39 is 11.6 Å². The molecule has 20 heavy (non-hydrogen) atoms. The average Bonchev–Trinajstić information content (AvgIpc) is 2.42. The van der Waals surface area contributed by atoms with E-state index in [2.05, 4.69) is 5.32 Å². The second kappa shape index (κ2) is 6.10. The highest BCUT2D eigenvalue weighted by Crippen LogP contribution is 2.23. The highest BCUT2D eigenvalue weighted by Gasteiger charge is 2.11. The highest BCUT2D eigenvalue weighted by molar-refractivity contribution is 5.97. The average molecular weight is 273 g/mol. The first-order valence-corrected chi connectivity index (χ1v) is 6.06. The normalized spacial score (nSPS) is 11.2. The Bertz CT molecular complexity index is 631. The van der Waals surface area contributed by atoms with Crippen LogP contribution in [0, 0.1) is 11.6 Å². The van der Waals surface area contributed by atoms with Crippen molar-refractivity contribution in [2.75, 3.05) is 5.32 Å². The van der Waals surface area contributed by atoms with Crippen LogP contribution in [0.5, 0.6) is 0 Å². The lowest BCUT2D eigenvalue weighted by Crippen LogP contribution is -2.05. The van der Waals surface area contributed by atoms with Gasteiger partial charge in [0.05, 0.1) is 0 Å². The number of carbonyl (C=O) groups excluding carboxylic acids is 1. The highest BCUT2D eigenvalue weighted by atomic mass is 19.1. The van der Waals surface area contributed by atoms with Crippen LogP contribution in [0.25, 0.3) is 5.70 Å². The van der Waals surface area contributed by atoms with Crippen molar-refractivity contribution in [3.05, 3.63) is 71.8 Å². The number of rotatable bonds is 4. The van der Waals surface area contributed by atoms with E-state index in [0.717, 1.165) is 12.1 Å². The van der Waals surface area contributed by atoms with Crippen molar-refractivity contribution in [3.63, 3.8) is 0 Å². The van der Waals surface area contributed by atoms with Gasteiger partial charge < -0.3 is 5.32 Å². The number of anilines is 1. The molecule has 0 heterocycles. The Labute approximate surface area is 115 Å². The summed E-state index contributed by atoms with van der Waals surface area (Å²) < 4.78 is 27.3. The molecule has 0 fully saturated rings. The number of halogens is 2. The summed E-state index contributed by atoms with van der Waals surface area (Å²) in [5, 5.41) is 2.65. The molecule has 0 spiro atoms. The van der Waals surface area contributed by atoms with Crippen molar-refractivity contribution in [1.29, 1.82) is 0 Å². The third kappa shape index (κ3) is 3.29. The van der Waals surface area contributed by atoms with Crippen LogP contribution in [0.3, 0.4) is 0 Å². The largest absolute Gasteiger partial charge is 0.350 e. The minimum Gasteiger partial charge on any atom is -0.350 e. The molecule has 0 saturated carbocycles. The first kappa shape index (κ1) is 13.9. The zero-order chi connectivity index (χ0) is 14.5. The smallest absolute Gasteiger partial charge is 0.154 e. The lowest BCUT2D eigenvalue weighted by molar-refractivity contribution is -0.112. The molecule has 102 valence electrons. The van der Waals surface area contributed by atoms with Crippen molar-refractivity contribution in [2.45, 2.75) is 6.92 Å². The van der Waals surface area contributed by atoms with Crippen LogP contribution in [0.4, 0.5) is 14.5 Å². The number of hydrogen-bond acceptors (Lipinski definition) is 2. The topological polar surface area (TPSA) is 29.1 Å². The molecule has 0 saturated heterocycles. The molecule has 0 aliphatic carbocycles. The molecule has 0 radical (unpaired) electrons. The number of carbonyl (C=O) groups is 1. The van der Waals surface area contributed by atoms with Crippen LogP contribution in [-0.2, 0) is 4.79 Å². The fourth-order valence-electron chi connectivity index (χ4n) is 1.76. The molecule has 0 unspecified atom stereocenters. The predicted molar refractivity (Wildman–Crippen MR) is 75.1 cm³/mol. The van der Waals surface area contributed by atoms with Gasteiger partial charge >= 0.3 is 0 Å². The molecule has 0 amide bonds. The van der Waals surface area contributed by atoms with E-state index in [0.29, 0.717) is 11.3 Å². The fourth-order valence-corrected chi connectivity index (χ4v) is 1.76. The van der Waals surface area contributed by atoms with Gasteiger partial charge in [-0.3, -0.25) is 4.79 Å². The summed E-state index contributed by atoms with van der Waals surface area (Å²) in [6.45, 7) is 1.38. The second-order valence-electron chi connectivity index (χ2n) is 4.26. The molecule has 0 bridgehead atoms. The molecule has 0 aliphatic rings. The zero-order valence-corrected chi connectivity index (χ0v) is 10.9. The molecule has 0 atom stereocenters. The van der Waals surface area contributed by atoms with Gasteiger partial charge in [0, 0.05) is 11.8 Å². The monoisotopic (exact) mass is 273 g/mol. The molecule has 1 N–H and O–H groups in total. The molecule has 2 nitrogen and oxygen atoms in total. The summed E-state index contributed by atoms with van der Waals surface area (Å²) in [6.07, 6.45) is 1.31. The van der Waals surface area contributed by atoms with E-state index in [1.54, 1.807) is 24.3 Å². The number of nitrogens with one attached hydrogen (secondary N) is 1. The van der Waals surface area contributed by atoms with Gasteiger partial charge in [-0.15, -0.1) is 0 Å². The van der Waals surface area contributed by atoms with Crippen LogP contribution in [-0.4, -0.2) is 5.78 Å². The Morgan fingerprint density at radius 1 is 1.00 bits per heavy atom. The Balaban J connectivity index is 2.42.